The number of carbonyl (C=O) groups is 2. The van der Waals surface area contributed by atoms with E-state index < -0.39 is 31.6 Å². The first-order chi connectivity index (χ1) is 16.2. The Morgan fingerprint density at radius 2 is 2.00 bits per heavy atom. The predicted molar refractivity (Wildman–Crippen MR) is 134 cm³/mol. The summed E-state index contributed by atoms with van der Waals surface area (Å²) in [7, 11) is -3.23. The monoisotopic (exact) mass is 488 g/mol. The van der Waals surface area contributed by atoms with E-state index in [9.17, 15) is 14.7 Å². The molecule has 2 fully saturated rings. The molecule has 4 rings (SSSR count). The van der Waals surface area contributed by atoms with E-state index in [-0.39, 0.29) is 24.8 Å². The average Bonchev–Trinajstić information content (AvgIpc) is 3.18. The number of hydrogen-bond acceptors (Lipinski definition) is 4. The van der Waals surface area contributed by atoms with Gasteiger partial charge in [0.15, 0.2) is 5.60 Å². The first-order valence-corrected chi connectivity index (χ1v) is 15.5. The summed E-state index contributed by atoms with van der Waals surface area (Å²) >= 11 is 0. The summed E-state index contributed by atoms with van der Waals surface area (Å²) in [4.78, 5) is 30.4. The van der Waals surface area contributed by atoms with Crippen LogP contribution in [0.15, 0.2) is 30.9 Å². The Kier molecular flexibility index (Phi) is 7.04. The molecule has 2 saturated heterocycles. The van der Waals surface area contributed by atoms with Crippen LogP contribution in [0.1, 0.15) is 51.0 Å². The first-order valence-electron chi connectivity index (χ1n) is 12.5. The number of rotatable bonds is 6. The van der Waals surface area contributed by atoms with Crippen LogP contribution in [0.25, 0.3) is 0 Å². The van der Waals surface area contributed by atoms with Gasteiger partial charge in [0, 0.05) is 48.8 Å². The molecule has 2 amide bonds. The lowest BCUT2D eigenvalue weighted by Crippen LogP contribution is -2.45. The predicted octanol–water partition coefficient (Wildman–Crippen LogP) is 4.67. The number of aliphatic hydroxyl groups is 1. The largest absolute Gasteiger partial charge is 0.396 e. The summed E-state index contributed by atoms with van der Waals surface area (Å²) in [5, 5.41) is 9.68. The second kappa shape index (κ2) is 9.55. The Bertz CT molecular complexity index is 965. The van der Waals surface area contributed by atoms with Crippen molar-refractivity contribution in [2.45, 2.75) is 75.8 Å². The molecule has 0 bridgehead atoms. The molecule has 3 heterocycles. The van der Waals surface area contributed by atoms with Crippen molar-refractivity contribution in [2.24, 2.45) is 5.92 Å². The Morgan fingerprint density at radius 1 is 1.26 bits per heavy atom. The zero-order valence-electron chi connectivity index (χ0n) is 20.6. The Hall–Kier alpha value is -2.03. The number of nitrogens with zero attached hydrogens (tertiary/aromatic N) is 2. The van der Waals surface area contributed by atoms with Crippen molar-refractivity contribution in [2.75, 3.05) is 29.5 Å². The maximum atomic E-state index is 15.6. The van der Waals surface area contributed by atoms with Gasteiger partial charge < -0.3 is 23.8 Å². The third kappa shape index (κ3) is 4.03. The minimum absolute atomic E-state index is 0.0923. The third-order valence-corrected chi connectivity index (χ3v) is 10.3. The molecule has 4 atom stereocenters. The van der Waals surface area contributed by atoms with Gasteiger partial charge in [-0.3, -0.25) is 9.59 Å². The molecule has 1 N–H and O–H groups in total. The molecule has 1 aromatic rings. The van der Waals surface area contributed by atoms with Crippen LogP contribution >= 0.6 is 0 Å². The zero-order valence-corrected chi connectivity index (χ0v) is 21.6. The molecule has 0 aliphatic carbocycles. The van der Waals surface area contributed by atoms with E-state index in [4.69, 9.17) is 4.74 Å². The summed E-state index contributed by atoms with van der Waals surface area (Å²) in [6.45, 7) is 9.85. The van der Waals surface area contributed by atoms with Crippen LogP contribution in [0.5, 0.6) is 0 Å². The van der Waals surface area contributed by atoms with Gasteiger partial charge in [0.25, 0.3) is 5.91 Å². The number of ether oxygens (including phenoxy) is 1. The fraction of sp³-hybridized carbons (Fsp3) is 0.615. The molecule has 0 unspecified atom stereocenters. The van der Waals surface area contributed by atoms with Gasteiger partial charge in [0.05, 0.1) is 11.8 Å². The average molecular weight is 489 g/mol. The SMILES string of the molecule is C=CCN1C(=O)[C@@]2(O[C@@H](CCO)[C@H]([Si](C)(C)F)[C@H]2C)c2cc(N3CCCCCCC3=O)ccc21. The third-order valence-electron chi connectivity index (χ3n) is 7.80. The highest BCUT2D eigenvalue weighted by atomic mass is 28.4. The molecule has 0 aromatic heterocycles. The van der Waals surface area contributed by atoms with Crippen molar-refractivity contribution in [1.82, 2.24) is 0 Å². The number of aliphatic hydroxyl groups excluding tert-OH is 1. The number of benzene rings is 1. The lowest BCUT2D eigenvalue weighted by molar-refractivity contribution is -0.146. The molecule has 1 spiro atoms. The van der Waals surface area contributed by atoms with Crippen molar-refractivity contribution < 1.29 is 23.5 Å². The van der Waals surface area contributed by atoms with Crippen molar-refractivity contribution >= 4 is 31.6 Å². The van der Waals surface area contributed by atoms with Crippen LogP contribution in [0.3, 0.4) is 0 Å². The highest BCUT2D eigenvalue weighted by Crippen LogP contribution is 2.60. The van der Waals surface area contributed by atoms with Crippen molar-refractivity contribution in [1.29, 1.82) is 0 Å². The zero-order chi connectivity index (χ0) is 24.7. The fourth-order valence-corrected chi connectivity index (χ4v) is 8.89. The molecule has 3 aliphatic rings. The number of halogens is 1. The fourth-order valence-electron chi connectivity index (χ4n) is 6.34. The van der Waals surface area contributed by atoms with Gasteiger partial charge in [-0.15, -0.1) is 6.58 Å². The summed E-state index contributed by atoms with van der Waals surface area (Å²) in [6.07, 6.45) is 5.91. The minimum Gasteiger partial charge on any atom is -0.396 e. The number of carbonyl (C=O) groups excluding carboxylic acids is 2. The second-order valence-electron chi connectivity index (χ2n) is 10.4. The van der Waals surface area contributed by atoms with Gasteiger partial charge in [-0.05, 0) is 50.6 Å². The standard InChI is InChI=1S/C26H37FN2O4Si/c1-5-14-29-21-12-11-19(28-15-9-7-6-8-10-23(28)31)17-20(21)26(25(29)32)18(2)24(34(3,4)27)22(33-26)13-16-30/h5,11-12,17-18,22,24,30H,1,6-10,13-16H2,2-4H3/t18-,22+,24-,26+/m1/s1. The van der Waals surface area contributed by atoms with Gasteiger partial charge in [-0.1, -0.05) is 25.8 Å². The van der Waals surface area contributed by atoms with Crippen LogP contribution in [0.4, 0.5) is 15.5 Å². The summed E-state index contributed by atoms with van der Waals surface area (Å²) in [6, 6.07) is 5.70. The van der Waals surface area contributed by atoms with E-state index in [2.05, 4.69) is 6.58 Å². The molecule has 0 radical (unpaired) electrons. The van der Waals surface area contributed by atoms with Gasteiger partial charge in [0.2, 0.25) is 14.3 Å². The molecule has 186 valence electrons. The van der Waals surface area contributed by atoms with Crippen LogP contribution < -0.4 is 9.80 Å². The topological polar surface area (TPSA) is 70.1 Å². The Morgan fingerprint density at radius 3 is 2.68 bits per heavy atom. The van der Waals surface area contributed by atoms with E-state index in [0.29, 0.717) is 25.1 Å². The molecular weight excluding hydrogens is 451 g/mol. The van der Waals surface area contributed by atoms with Crippen LogP contribution in [-0.4, -0.2) is 51.1 Å². The highest BCUT2D eigenvalue weighted by Gasteiger charge is 2.66. The summed E-state index contributed by atoms with van der Waals surface area (Å²) in [5.41, 5.74) is 0.408. The summed E-state index contributed by atoms with van der Waals surface area (Å²) < 4.78 is 22.1. The lowest BCUT2D eigenvalue weighted by Gasteiger charge is -2.31. The summed E-state index contributed by atoms with van der Waals surface area (Å²) in [5.74, 6) is -0.528. The smallest absolute Gasteiger partial charge is 0.264 e. The van der Waals surface area contributed by atoms with E-state index in [0.717, 1.165) is 37.1 Å². The molecule has 3 aliphatic heterocycles. The van der Waals surface area contributed by atoms with Gasteiger partial charge >= 0.3 is 0 Å². The van der Waals surface area contributed by atoms with E-state index in [1.54, 1.807) is 24.1 Å². The molecule has 6 nitrogen and oxygen atoms in total. The Balaban J connectivity index is 1.84. The molecule has 1 aromatic carbocycles. The number of amides is 2. The second-order valence-corrected chi connectivity index (χ2v) is 14.2. The Labute approximate surface area is 202 Å². The maximum Gasteiger partial charge on any atom is 0.264 e. The van der Waals surface area contributed by atoms with E-state index >= 15 is 4.11 Å². The quantitative estimate of drug-likeness (QED) is 0.359. The number of fused-ring (bicyclic) bond motifs is 2. The highest BCUT2D eigenvalue weighted by molar-refractivity contribution is 6.72. The van der Waals surface area contributed by atoms with E-state index in [1.807, 2.05) is 30.0 Å². The lowest BCUT2D eigenvalue weighted by atomic mass is 9.82. The normalized spacial score (nSPS) is 30.0. The van der Waals surface area contributed by atoms with E-state index in [1.165, 1.54) is 0 Å². The van der Waals surface area contributed by atoms with Gasteiger partial charge in [-0.25, -0.2) is 0 Å². The first kappa shape index (κ1) is 25.1. The van der Waals surface area contributed by atoms with Crippen molar-refractivity contribution in [3.8, 4) is 0 Å². The van der Waals surface area contributed by atoms with Gasteiger partial charge in [-0.2, -0.15) is 0 Å². The van der Waals surface area contributed by atoms with Crippen molar-refractivity contribution in [3.05, 3.63) is 36.4 Å². The molecular formula is C26H37FN2O4Si. The number of hydrogen-bond donors (Lipinski definition) is 1. The minimum atomic E-state index is -3.23. The van der Waals surface area contributed by atoms with Crippen LogP contribution in [0.2, 0.25) is 18.6 Å². The van der Waals surface area contributed by atoms with Crippen LogP contribution in [-0.2, 0) is 19.9 Å². The molecule has 0 saturated carbocycles. The molecule has 8 heteroatoms. The van der Waals surface area contributed by atoms with Crippen molar-refractivity contribution in [3.63, 3.8) is 0 Å². The van der Waals surface area contributed by atoms with Crippen LogP contribution in [0, 0.1) is 5.92 Å². The number of anilines is 2. The maximum absolute atomic E-state index is 15.6. The molecule has 34 heavy (non-hydrogen) atoms. The van der Waals surface area contributed by atoms with Gasteiger partial charge in [0.1, 0.15) is 0 Å².